The minimum atomic E-state index is -4.70. The number of halogens is 3. The minimum absolute atomic E-state index is 0.0694. The second-order valence-corrected chi connectivity index (χ2v) is 8.47. The number of nitro benzene ring substituents is 1. The number of hydrogen-bond donors (Lipinski definition) is 0. The van der Waals surface area contributed by atoms with Crippen LogP contribution in [0.2, 0.25) is 0 Å². The summed E-state index contributed by atoms with van der Waals surface area (Å²) < 4.78 is 40.5. The van der Waals surface area contributed by atoms with Gasteiger partial charge in [-0.25, -0.2) is 9.97 Å². The topological polar surface area (TPSA) is 81.3 Å². The zero-order chi connectivity index (χ0) is 25.0. The second-order valence-electron chi connectivity index (χ2n) is 7.46. The lowest BCUT2D eigenvalue weighted by Crippen LogP contribution is -2.10. The van der Waals surface area contributed by atoms with Crippen molar-refractivity contribution in [2.24, 2.45) is 4.99 Å². The summed E-state index contributed by atoms with van der Waals surface area (Å²) in [6, 6.07) is 21.0. The molecule has 10 heteroatoms. The van der Waals surface area contributed by atoms with E-state index in [1.807, 2.05) is 31.2 Å². The molecule has 0 amide bonds. The van der Waals surface area contributed by atoms with Gasteiger partial charge in [0.15, 0.2) is 5.16 Å². The summed E-state index contributed by atoms with van der Waals surface area (Å²) >= 11 is 0.698. The predicted octanol–water partition coefficient (Wildman–Crippen LogP) is 7.28. The summed E-state index contributed by atoms with van der Waals surface area (Å²) in [6.07, 6.45) is -3.22. The molecule has 1 heterocycles. The maximum Gasteiger partial charge on any atom is 0.433 e. The first-order valence-electron chi connectivity index (χ1n) is 10.3. The van der Waals surface area contributed by atoms with Crippen molar-refractivity contribution in [2.75, 3.05) is 0 Å². The Morgan fingerprint density at radius 3 is 2.34 bits per heavy atom. The fraction of sp³-hybridized carbons (Fsp3) is 0.0800. The van der Waals surface area contributed by atoms with Crippen molar-refractivity contribution >= 4 is 29.4 Å². The largest absolute Gasteiger partial charge is 0.433 e. The Morgan fingerprint density at radius 1 is 0.971 bits per heavy atom. The summed E-state index contributed by atoms with van der Waals surface area (Å²) in [7, 11) is 0. The number of aliphatic imine (C=N–C) groups is 1. The molecule has 4 rings (SSSR count). The van der Waals surface area contributed by atoms with Crippen LogP contribution in [0.25, 0.3) is 11.3 Å². The van der Waals surface area contributed by atoms with Crippen molar-refractivity contribution in [1.82, 2.24) is 9.97 Å². The van der Waals surface area contributed by atoms with Crippen molar-refractivity contribution in [3.63, 3.8) is 0 Å². The Bertz CT molecular complexity index is 1390. The van der Waals surface area contributed by atoms with Gasteiger partial charge in [-0.2, -0.15) is 13.2 Å². The number of aryl methyl sites for hydroxylation is 1. The van der Waals surface area contributed by atoms with E-state index in [4.69, 9.17) is 0 Å². The minimum Gasteiger partial charge on any atom is -0.258 e. The van der Waals surface area contributed by atoms with Gasteiger partial charge in [0, 0.05) is 17.8 Å². The van der Waals surface area contributed by atoms with Gasteiger partial charge in [0.2, 0.25) is 0 Å². The average molecular weight is 494 g/mol. The fourth-order valence-electron chi connectivity index (χ4n) is 3.09. The smallest absolute Gasteiger partial charge is 0.258 e. The van der Waals surface area contributed by atoms with Crippen LogP contribution >= 0.6 is 11.8 Å². The lowest BCUT2D eigenvalue weighted by molar-refractivity contribution is -0.387. The van der Waals surface area contributed by atoms with E-state index in [2.05, 4.69) is 15.0 Å². The van der Waals surface area contributed by atoms with E-state index in [0.29, 0.717) is 28.6 Å². The lowest BCUT2D eigenvalue weighted by atomic mass is 10.1. The van der Waals surface area contributed by atoms with Gasteiger partial charge >= 0.3 is 6.18 Å². The molecule has 0 spiro atoms. The van der Waals surface area contributed by atoms with Crippen LogP contribution in [0.15, 0.2) is 93.9 Å². The van der Waals surface area contributed by atoms with Crippen LogP contribution in [0.5, 0.6) is 0 Å². The highest BCUT2D eigenvalue weighted by Gasteiger charge is 2.34. The number of alkyl halides is 3. The zero-order valence-electron chi connectivity index (χ0n) is 18.2. The molecule has 0 saturated carbocycles. The highest BCUT2D eigenvalue weighted by atomic mass is 32.2. The number of nitrogens with zero attached hydrogens (tertiary/aromatic N) is 4. The van der Waals surface area contributed by atoms with E-state index in [1.54, 1.807) is 36.4 Å². The van der Waals surface area contributed by atoms with Gasteiger partial charge in [-0.15, -0.1) is 0 Å². The molecule has 3 aromatic carbocycles. The molecule has 35 heavy (non-hydrogen) atoms. The van der Waals surface area contributed by atoms with Gasteiger partial charge in [0.1, 0.15) is 5.69 Å². The summed E-state index contributed by atoms with van der Waals surface area (Å²) in [4.78, 5) is 23.4. The number of benzene rings is 3. The summed E-state index contributed by atoms with van der Waals surface area (Å²) in [5.74, 6) is 0. The highest BCUT2D eigenvalue weighted by Crippen LogP contribution is 2.37. The van der Waals surface area contributed by atoms with Gasteiger partial charge in [0.05, 0.1) is 21.2 Å². The molecule has 176 valence electrons. The zero-order valence-corrected chi connectivity index (χ0v) is 19.0. The maximum atomic E-state index is 13.5. The van der Waals surface area contributed by atoms with Crippen LogP contribution in [-0.4, -0.2) is 21.1 Å². The predicted molar refractivity (Wildman–Crippen MR) is 128 cm³/mol. The number of hydrogen-bond acceptors (Lipinski definition) is 6. The molecule has 0 saturated heterocycles. The summed E-state index contributed by atoms with van der Waals surface area (Å²) in [5, 5.41) is 11.5. The molecule has 0 aliphatic rings. The maximum absolute atomic E-state index is 13.5. The van der Waals surface area contributed by atoms with E-state index in [-0.39, 0.29) is 21.4 Å². The van der Waals surface area contributed by atoms with Crippen molar-refractivity contribution in [3.8, 4) is 11.3 Å². The lowest BCUT2D eigenvalue weighted by Gasteiger charge is -2.11. The van der Waals surface area contributed by atoms with Gasteiger partial charge < -0.3 is 0 Å². The number of aromatic nitrogens is 2. The van der Waals surface area contributed by atoms with Crippen molar-refractivity contribution < 1.29 is 18.1 Å². The Hall–Kier alpha value is -4.05. The highest BCUT2D eigenvalue weighted by molar-refractivity contribution is 7.99. The third-order valence-electron chi connectivity index (χ3n) is 4.84. The summed E-state index contributed by atoms with van der Waals surface area (Å²) in [5.41, 5.74) is 1.36. The van der Waals surface area contributed by atoms with E-state index in [9.17, 15) is 23.3 Å². The van der Waals surface area contributed by atoms with Gasteiger partial charge in [-0.1, -0.05) is 54.1 Å². The molecule has 1 aromatic heterocycles. The molecule has 0 aliphatic heterocycles. The first-order valence-corrected chi connectivity index (χ1v) is 11.1. The fourth-order valence-corrected chi connectivity index (χ4v) is 3.95. The Morgan fingerprint density at radius 2 is 1.69 bits per heavy atom. The van der Waals surface area contributed by atoms with Crippen molar-refractivity contribution in [2.45, 2.75) is 23.2 Å². The molecule has 0 radical (unpaired) electrons. The number of nitro groups is 1. The third kappa shape index (κ3) is 6.10. The standard InChI is InChI=1S/C25H17F3N4O2S/c1-16-7-10-19(11-8-16)29-15-17-9-12-22(21(13-17)32(33)34)35-24-30-20(18-5-3-2-4-6-18)14-23(31-24)25(26,27)28/h2-15H,1H3. The van der Waals surface area contributed by atoms with Crippen LogP contribution < -0.4 is 0 Å². The van der Waals surface area contributed by atoms with E-state index in [0.717, 1.165) is 11.6 Å². The molecule has 6 nitrogen and oxygen atoms in total. The van der Waals surface area contributed by atoms with E-state index in [1.165, 1.54) is 18.3 Å². The van der Waals surface area contributed by atoms with Gasteiger partial charge in [0.25, 0.3) is 5.69 Å². The molecule has 4 aromatic rings. The van der Waals surface area contributed by atoms with Crippen LogP contribution in [0.3, 0.4) is 0 Å². The average Bonchev–Trinajstić information content (AvgIpc) is 2.84. The first kappa shape index (κ1) is 24.1. The normalized spacial score (nSPS) is 11.7. The molecular weight excluding hydrogens is 477 g/mol. The van der Waals surface area contributed by atoms with Gasteiger partial charge in [-0.3, -0.25) is 15.1 Å². The SMILES string of the molecule is Cc1ccc(N=Cc2ccc(Sc3nc(-c4ccccc4)cc(C(F)(F)F)n3)c([N+](=O)[O-])c2)cc1. The second kappa shape index (κ2) is 10.1. The van der Waals surface area contributed by atoms with E-state index < -0.39 is 16.8 Å². The molecular formula is C25H17F3N4O2S. The van der Waals surface area contributed by atoms with Crippen LogP contribution in [0.4, 0.5) is 24.5 Å². The summed E-state index contributed by atoms with van der Waals surface area (Å²) in [6.45, 7) is 1.95. The molecule has 0 unspecified atom stereocenters. The third-order valence-corrected chi connectivity index (χ3v) is 5.77. The molecule has 0 N–H and O–H groups in total. The molecule has 0 fully saturated rings. The van der Waals surface area contributed by atoms with Crippen LogP contribution in [-0.2, 0) is 6.18 Å². The molecule has 0 atom stereocenters. The Kier molecular flexibility index (Phi) is 6.92. The van der Waals surface area contributed by atoms with Crippen molar-refractivity contribution in [3.05, 3.63) is 106 Å². The van der Waals surface area contributed by atoms with Gasteiger partial charge in [-0.05, 0) is 48.5 Å². The molecule has 0 aliphatic carbocycles. The monoisotopic (exact) mass is 494 g/mol. The number of rotatable bonds is 6. The van der Waals surface area contributed by atoms with E-state index >= 15 is 0 Å². The quantitative estimate of drug-likeness (QED) is 0.122. The Labute approximate surface area is 202 Å². The Balaban J connectivity index is 1.68. The van der Waals surface area contributed by atoms with Crippen molar-refractivity contribution in [1.29, 1.82) is 0 Å². The van der Waals surface area contributed by atoms with Crippen LogP contribution in [0, 0.1) is 17.0 Å². The molecule has 0 bridgehead atoms. The van der Waals surface area contributed by atoms with Crippen LogP contribution in [0.1, 0.15) is 16.8 Å². The first-order chi connectivity index (χ1) is 16.7.